The lowest BCUT2D eigenvalue weighted by Crippen LogP contribution is -1.82. The molecule has 1 aromatic carbocycles. The molecule has 0 N–H and O–H groups in total. The molecule has 0 bridgehead atoms. The van der Waals surface area contributed by atoms with Crippen molar-refractivity contribution in [3.8, 4) is 0 Å². The van der Waals surface area contributed by atoms with Crippen LogP contribution < -0.4 is 0 Å². The minimum Gasteiger partial charge on any atom is -0.250 e. The Morgan fingerprint density at radius 1 is 1.23 bits per heavy atom. The van der Waals surface area contributed by atoms with Crippen molar-refractivity contribution >= 4 is 42.8 Å². The predicted molar refractivity (Wildman–Crippen MR) is 57.7 cm³/mol. The molecule has 0 fully saturated rings. The van der Waals surface area contributed by atoms with Crippen LogP contribution in [0.25, 0.3) is 10.9 Å². The molecule has 1 nitrogen and oxygen atoms in total. The molecule has 0 radical (unpaired) electrons. The number of pyridine rings is 1. The van der Waals surface area contributed by atoms with Gasteiger partial charge in [0.05, 0.1) is 16.2 Å². The van der Waals surface area contributed by atoms with Crippen LogP contribution in [0.4, 0.5) is 0 Å². The number of rotatable bonds is 0. The number of hydrogen-bond donors (Lipinski definition) is 0. The van der Waals surface area contributed by atoms with Gasteiger partial charge in [-0.25, -0.2) is 0 Å². The first-order valence-corrected chi connectivity index (χ1v) is 5.58. The van der Waals surface area contributed by atoms with Gasteiger partial charge in [-0.3, -0.25) is 4.98 Å². The molecule has 0 unspecified atom stereocenters. The lowest BCUT2D eigenvalue weighted by molar-refractivity contribution is -0.290. The smallest absolute Gasteiger partial charge is 0.250 e. The lowest BCUT2D eigenvalue weighted by atomic mass is 10.2. The maximum absolute atomic E-state index is 5.10. The maximum Gasteiger partial charge on any atom is 0.258 e. The van der Waals surface area contributed by atoms with E-state index in [1.807, 2.05) is 18.2 Å². The molecule has 0 aliphatic heterocycles. The van der Waals surface area contributed by atoms with E-state index in [2.05, 4.69) is 36.8 Å². The van der Waals surface area contributed by atoms with Crippen molar-refractivity contribution in [2.75, 3.05) is 0 Å². The summed E-state index contributed by atoms with van der Waals surface area (Å²) in [6.45, 7) is 0. The highest BCUT2D eigenvalue weighted by Gasteiger charge is 2.09. The SMILES string of the molecule is [ClH+]c1cnc2ccc(Br)cc2c1Br. The van der Waals surface area contributed by atoms with Crippen molar-refractivity contribution in [2.45, 2.75) is 0 Å². The summed E-state index contributed by atoms with van der Waals surface area (Å²) in [6, 6.07) is 5.92. The van der Waals surface area contributed by atoms with E-state index >= 15 is 0 Å². The van der Waals surface area contributed by atoms with Crippen LogP contribution in [0.5, 0.6) is 0 Å². The standard InChI is InChI=1S/C9H5Br2ClN/c10-5-1-2-8-6(3-5)9(11)7(12)4-13-8/h1-4,12H/q+1. The van der Waals surface area contributed by atoms with Gasteiger partial charge in [-0.05, 0) is 34.1 Å². The average molecular weight is 322 g/mol. The Kier molecular flexibility index (Phi) is 2.58. The number of aromatic nitrogens is 1. The molecule has 0 amide bonds. The second kappa shape index (κ2) is 3.56. The Morgan fingerprint density at radius 2 is 2.00 bits per heavy atom. The minimum absolute atomic E-state index is 0.741. The van der Waals surface area contributed by atoms with Crippen LogP contribution in [-0.2, 0) is 0 Å². The summed E-state index contributed by atoms with van der Waals surface area (Å²) < 4.78 is 1.97. The second-order valence-corrected chi connectivity index (χ2v) is 4.75. The van der Waals surface area contributed by atoms with Gasteiger partial charge in [0.2, 0.25) is 0 Å². The zero-order valence-electron chi connectivity index (χ0n) is 6.42. The summed E-state index contributed by atoms with van der Waals surface area (Å²) in [5.41, 5.74) is 0.948. The Bertz CT molecular complexity index is 465. The molecule has 0 spiro atoms. The topological polar surface area (TPSA) is 12.9 Å². The lowest BCUT2D eigenvalue weighted by Gasteiger charge is -1.98. The van der Waals surface area contributed by atoms with Gasteiger partial charge < -0.3 is 0 Å². The highest BCUT2D eigenvalue weighted by molar-refractivity contribution is 9.11. The van der Waals surface area contributed by atoms with Crippen molar-refractivity contribution in [1.82, 2.24) is 4.98 Å². The zero-order chi connectivity index (χ0) is 9.42. The number of nitrogens with zero attached hydrogens (tertiary/aromatic N) is 1. The van der Waals surface area contributed by atoms with Crippen LogP contribution in [0.15, 0.2) is 33.3 Å². The number of fused-ring (bicyclic) bond motifs is 1. The van der Waals surface area contributed by atoms with E-state index in [0.29, 0.717) is 0 Å². The zero-order valence-corrected chi connectivity index (χ0v) is 10.4. The molecule has 66 valence electrons. The summed E-state index contributed by atoms with van der Waals surface area (Å²) in [7, 11) is 0. The van der Waals surface area contributed by atoms with Crippen molar-refractivity contribution in [3.05, 3.63) is 38.4 Å². The Balaban J connectivity index is 2.89. The Labute approximate surface area is 97.4 Å². The molecule has 0 aliphatic carbocycles. The van der Waals surface area contributed by atoms with Crippen molar-refractivity contribution in [2.24, 2.45) is 0 Å². The normalized spacial score (nSPS) is 10.7. The van der Waals surface area contributed by atoms with Gasteiger partial charge in [-0.2, -0.15) is 0 Å². The van der Waals surface area contributed by atoms with Gasteiger partial charge in [-0.1, -0.05) is 15.9 Å². The fraction of sp³-hybridized carbons (Fsp3) is 0. The highest BCUT2D eigenvalue weighted by atomic mass is 79.9. The van der Waals surface area contributed by atoms with Crippen LogP contribution >= 0.6 is 31.9 Å². The van der Waals surface area contributed by atoms with Crippen molar-refractivity contribution in [3.63, 3.8) is 0 Å². The third-order valence-corrected chi connectivity index (χ3v) is 3.65. The van der Waals surface area contributed by atoms with Crippen LogP contribution in [0, 0.1) is 11.6 Å². The molecule has 0 atom stereocenters. The predicted octanol–water partition coefficient (Wildman–Crippen LogP) is 3.46. The summed E-state index contributed by atoms with van der Waals surface area (Å²) in [5.74, 6) is 0. The largest absolute Gasteiger partial charge is 0.258 e. The fourth-order valence-electron chi connectivity index (χ4n) is 1.11. The van der Waals surface area contributed by atoms with E-state index in [-0.39, 0.29) is 0 Å². The van der Waals surface area contributed by atoms with E-state index in [0.717, 1.165) is 24.9 Å². The van der Waals surface area contributed by atoms with Gasteiger partial charge >= 0.3 is 0 Å². The highest BCUT2D eigenvalue weighted by Crippen LogP contribution is 2.28. The van der Waals surface area contributed by atoms with Crippen molar-refractivity contribution < 1.29 is 11.6 Å². The van der Waals surface area contributed by atoms with E-state index < -0.39 is 0 Å². The summed E-state index contributed by atoms with van der Waals surface area (Å²) in [4.78, 5) is 4.23. The van der Waals surface area contributed by atoms with Gasteiger partial charge in [0.15, 0.2) is 11.6 Å². The molecule has 0 aliphatic rings. The molecule has 2 aromatic rings. The van der Waals surface area contributed by atoms with Gasteiger partial charge in [0.25, 0.3) is 5.02 Å². The molecule has 1 aromatic heterocycles. The molecule has 13 heavy (non-hydrogen) atoms. The average Bonchev–Trinajstić information content (AvgIpc) is 2.12. The third kappa shape index (κ3) is 1.73. The summed E-state index contributed by atoms with van der Waals surface area (Å²) in [5, 5.41) is 1.78. The first-order chi connectivity index (χ1) is 6.18. The fourth-order valence-corrected chi connectivity index (χ4v) is 2.06. The number of benzene rings is 1. The Morgan fingerprint density at radius 3 is 2.77 bits per heavy atom. The molecule has 2 rings (SSSR count). The molecule has 0 saturated heterocycles. The molecule has 1 heterocycles. The third-order valence-electron chi connectivity index (χ3n) is 1.73. The first kappa shape index (κ1) is 9.44. The number of halogens is 3. The van der Waals surface area contributed by atoms with Crippen LogP contribution in [0.1, 0.15) is 0 Å². The maximum atomic E-state index is 5.10. The first-order valence-electron chi connectivity index (χ1n) is 3.59. The van der Waals surface area contributed by atoms with Crippen LogP contribution in [0.2, 0.25) is 5.02 Å². The summed E-state index contributed by atoms with van der Waals surface area (Å²) >= 11 is 12.0. The minimum atomic E-state index is 0.741. The molecular formula is C9H5Br2ClN+. The van der Waals surface area contributed by atoms with Gasteiger partial charge in [0.1, 0.15) is 0 Å². The van der Waals surface area contributed by atoms with Crippen LogP contribution in [0.3, 0.4) is 0 Å². The Hall–Kier alpha value is -0.120. The second-order valence-electron chi connectivity index (χ2n) is 2.60. The molecular weight excluding hydrogens is 317 g/mol. The van der Waals surface area contributed by atoms with Crippen molar-refractivity contribution in [1.29, 1.82) is 0 Å². The molecule has 0 saturated carbocycles. The van der Waals surface area contributed by atoms with E-state index in [4.69, 9.17) is 11.6 Å². The number of hydrogen-bond acceptors (Lipinski definition) is 1. The molecule has 4 heteroatoms. The monoisotopic (exact) mass is 320 g/mol. The van der Waals surface area contributed by atoms with Crippen LogP contribution in [-0.4, -0.2) is 4.98 Å². The summed E-state index contributed by atoms with van der Waals surface area (Å²) in [6.07, 6.45) is 1.69. The van der Waals surface area contributed by atoms with E-state index in [1.165, 1.54) is 0 Å². The van der Waals surface area contributed by atoms with Gasteiger partial charge in [0, 0.05) is 9.86 Å². The van der Waals surface area contributed by atoms with E-state index in [1.54, 1.807) is 6.20 Å². The quantitative estimate of drug-likeness (QED) is 0.724. The van der Waals surface area contributed by atoms with E-state index in [9.17, 15) is 0 Å². The van der Waals surface area contributed by atoms with Gasteiger partial charge in [-0.15, -0.1) is 0 Å².